The van der Waals surface area contributed by atoms with E-state index in [9.17, 15) is 9.59 Å². The fourth-order valence-electron chi connectivity index (χ4n) is 4.14. The molecule has 0 fully saturated rings. The second kappa shape index (κ2) is 6.22. The summed E-state index contributed by atoms with van der Waals surface area (Å²) in [6.45, 7) is 0.342. The van der Waals surface area contributed by atoms with Crippen LogP contribution >= 0.6 is 0 Å². The molecule has 0 spiro atoms. The van der Waals surface area contributed by atoms with Gasteiger partial charge < -0.3 is 4.98 Å². The summed E-state index contributed by atoms with van der Waals surface area (Å²) in [6, 6.07) is 20.8. The zero-order valence-corrected chi connectivity index (χ0v) is 15.9. The summed E-state index contributed by atoms with van der Waals surface area (Å²) in [5, 5.41) is 0.989. The molecule has 6 heteroatoms. The minimum atomic E-state index is -0.221. The fraction of sp³-hybridized carbons (Fsp3) is 0.0833. The van der Waals surface area contributed by atoms with Crippen molar-refractivity contribution in [1.29, 1.82) is 0 Å². The lowest BCUT2D eigenvalue weighted by atomic mass is 10.1. The van der Waals surface area contributed by atoms with E-state index in [1.54, 1.807) is 24.3 Å². The highest BCUT2D eigenvalue weighted by molar-refractivity contribution is 6.21. The van der Waals surface area contributed by atoms with E-state index in [1.807, 2.05) is 36.4 Å². The van der Waals surface area contributed by atoms with E-state index < -0.39 is 0 Å². The highest BCUT2D eigenvalue weighted by Gasteiger charge is 2.34. The first kappa shape index (κ1) is 16.9. The fourth-order valence-corrected chi connectivity index (χ4v) is 4.14. The molecule has 6 nitrogen and oxygen atoms in total. The highest BCUT2D eigenvalue weighted by Crippen LogP contribution is 2.27. The zero-order chi connectivity index (χ0) is 20.2. The summed E-state index contributed by atoms with van der Waals surface area (Å²) < 4.78 is 0. The van der Waals surface area contributed by atoms with Crippen molar-refractivity contribution in [3.8, 4) is 0 Å². The third-order valence-corrected chi connectivity index (χ3v) is 5.66. The molecule has 6 rings (SSSR count). The van der Waals surface area contributed by atoms with Crippen LogP contribution in [0, 0.1) is 0 Å². The molecule has 144 valence electrons. The van der Waals surface area contributed by atoms with Gasteiger partial charge in [-0.2, -0.15) is 0 Å². The lowest BCUT2D eigenvalue weighted by molar-refractivity contribution is 0.0656. The van der Waals surface area contributed by atoms with Crippen LogP contribution in [-0.2, 0) is 6.42 Å². The summed E-state index contributed by atoms with van der Waals surface area (Å²) in [5.74, 6) is -0.442. The monoisotopic (exact) mass is 392 g/mol. The van der Waals surface area contributed by atoms with E-state index in [0.29, 0.717) is 24.1 Å². The molecule has 1 N–H and O–H groups in total. The molecule has 3 heterocycles. The second-order valence-electron chi connectivity index (χ2n) is 7.47. The van der Waals surface area contributed by atoms with Crippen molar-refractivity contribution in [3.05, 3.63) is 83.4 Å². The number of benzene rings is 3. The zero-order valence-electron chi connectivity index (χ0n) is 15.9. The molecule has 0 bridgehead atoms. The standard InChI is InChI=1S/C24H16N4O2/c29-23-15-5-1-2-6-16(15)24(30)28(23)12-11-14-9-10-18-17(13-14)21-22(26-18)27-20-8-4-3-7-19(20)25-21/h1-10,13H,11-12H2,(H,26,27). The van der Waals surface area contributed by atoms with Crippen LogP contribution in [-0.4, -0.2) is 38.2 Å². The smallest absolute Gasteiger partial charge is 0.261 e. The number of carbonyl (C=O) groups excluding carboxylic acids is 2. The van der Waals surface area contributed by atoms with Gasteiger partial charge in [0, 0.05) is 17.4 Å². The number of hydrogen-bond acceptors (Lipinski definition) is 4. The maximum Gasteiger partial charge on any atom is 0.261 e. The average Bonchev–Trinajstić information content (AvgIpc) is 3.25. The molecule has 2 aromatic heterocycles. The highest BCUT2D eigenvalue weighted by atomic mass is 16.2. The van der Waals surface area contributed by atoms with Gasteiger partial charge in [0.2, 0.25) is 0 Å². The van der Waals surface area contributed by atoms with Crippen molar-refractivity contribution in [2.75, 3.05) is 6.54 Å². The summed E-state index contributed by atoms with van der Waals surface area (Å²) in [5.41, 5.74) is 6.24. The number of imide groups is 1. The first-order valence-electron chi connectivity index (χ1n) is 9.81. The molecule has 2 amide bonds. The Bertz CT molecular complexity index is 1470. The van der Waals surface area contributed by atoms with Gasteiger partial charge >= 0.3 is 0 Å². The number of hydrogen-bond donors (Lipinski definition) is 1. The first-order chi connectivity index (χ1) is 14.7. The molecule has 0 unspecified atom stereocenters. The predicted octanol–water partition coefficient (Wildman–Crippen LogP) is 4.10. The van der Waals surface area contributed by atoms with Crippen LogP contribution in [0.5, 0.6) is 0 Å². The van der Waals surface area contributed by atoms with E-state index in [1.165, 1.54) is 4.90 Å². The Morgan fingerprint density at radius 3 is 2.20 bits per heavy atom. The molecule has 0 saturated heterocycles. The van der Waals surface area contributed by atoms with Gasteiger partial charge in [-0.15, -0.1) is 0 Å². The van der Waals surface area contributed by atoms with Crippen molar-refractivity contribution < 1.29 is 9.59 Å². The van der Waals surface area contributed by atoms with Gasteiger partial charge in [-0.1, -0.05) is 30.3 Å². The molecule has 0 saturated carbocycles. The van der Waals surface area contributed by atoms with Crippen molar-refractivity contribution in [2.45, 2.75) is 6.42 Å². The Balaban J connectivity index is 1.34. The number of amides is 2. The largest absolute Gasteiger partial charge is 0.338 e. The molecular weight excluding hydrogens is 376 g/mol. The number of para-hydroxylation sites is 2. The van der Waals surface area contributed by atoms with Gasteiger partial charge in [-0.25, -0.2) is 9.97 Å². The topological polar surface area (TPSA) is 79.0 Å². The van der Waals surface area contributed by atoms with Gasteiger partial charge in [-0.3, -0.25) is 14.5 Å². The predicted molar refractivity (Wildman–Crippen MR) is 114 cm³/mol. The Kier molecular flexibility index (Phi) is 3.49. The molecule has 0 aliphatic carbocycles. The lowest BCUT2D eigenvalue weighted by Crippen LogP contribution is -2.31. The summed E-state index contributed by atoms with van der Waals surface area (Å²) >= 11 is 0. The van der Waals surface area contributed by atoms with E-state index in [4.69, 9.17) is 4.98 Å². The third kappa shape index (κ3) is 2.43. The van der Waals surface area contributed by atoms with E-state index in [2.05, 4.69) is 16.0 Å². The Morgan fingerprint density at radius 2 is 1.47 bits per heavy atom. The Labute approximate surface area is 171 Å². The van der Waals surface area contributed by atoms with Crippen molar-refractivity contribution >= 4 is 44.9 Å². The van der Waals surface area contributed by atoms with Crippen LogP contribution in [0.3, 0.4) is 0 Å². The maximum absolute atomic E-state index is 12.6. The van der Waals surface area contributed by atoms with Crippen LogP contribution < -0.4 is 0 Å². The average molecular weight is 392 g/mol. The molecule has 0 atom stereocenters. The number of nitrogens with zero attached hydrogens (tertiary/aromatic N) is 3. The number of fused-ring (bicyclic) bond motifs is 5. The van der Waals surface area contributed by atoms with Crippen molar-refractivity contribution in [3.63, 3.8) is 0 Å². The summed E-state index contributed by atoms with van der Waals surface area (Å²) in [4.78, 5) is 39.3. The van der Waals surface area contributed by atoms with Gasteiger partial charge in [0.15, 0.2) is 5.65 Å². The molecule has 0 radical (unpaired) electrons. The number of aromatic amines is 1. The Morgan fingerprint density at radius 1 is 0.800 bits per heavy atom. The van der Waals surface area contributed by atoms with Crippen LogP contribution in [0.2, 0.25) is 0 Å². The van der Waals surface area contributed by atoms with E-state index in [-0.39, 0.29) is 11.8 Å². The van der Waals surface area contributed by atoms with Gasteiger partial charge in [0.05, 0.1) is 22.2 Å². The van der Waals surface area contributed by atoms with Gasteiger partial charge in [-0.05, 0) is 48.4 Å². The maximum atomic E-state index is 12.6. The Hall–Kier alpha value is -4.06. The van der Waals surface area contributed by atoms with Crippen LogP contribution in [0.4, 0.5) is 0 Å². The van der Waals surface area contributed by atoms with Crippen molar-refractivity contribution in [1.82, 2.24) is 19.9 Å². The number of H-pyrrole nitrogens is 1. The number of nitrogens with one attached hydrogen (secondary N) is 1. The summed E-state index contributed by atoms with van der Waals surface area (Å²) in [7, 11) is 0. The minimum absolute atomic E-state index is 0.221. The van der Waals surface area contributed by atoms with E-state index >= 15 is 0 Å². The number of aromatic nitrogens is 3. The molecular formula is C24H16N4O2. The molecule has 5 aromatic rings. The number of carbonyl (C=O) groups is 2. The first-order valence-corrected chi connectivity index (χ1v) is 9.81. The van der Waals surface area contributed by atoms with Crippen LogP contribution in [0.25, 0.3) is 33.1 Å². The van der Waals surface area contributed by atoms with Crippen molar-refractivity contribution in [2.24, 2.45) is 0 Å². The van der Waals surface area contributed by atoms with Gasteiger partial charge in [0.1, 0.15) is 5.52 Å². The third-order valence-electron chi connectivity index (χ3n) is 5.66. The summed E-state index contributed by atoms with van der Waals surface area (Å²) in [6.07, 6.45) is 0.578. The quantitative estimate of drug-likeness (QED) is 0.469. The number of rotatable bonds is 3. The molecule has 3 aromatic carbocycles. The van der Waals surface area contributed by atoms with E-state index in [0.717, 1.165) is 38.7 Å². The SMILES string of the molecule is O=C1c2ccccc2C(=O)N1CCc1ccc2[nH]c3nc4ccccc4nc3c2c1. The van der Waals surface area contributed by atoms with Gasteiger partial charge in [0.25, 0.3) is 11.8 Å². The molecule has 1 aliphatic rings. The molecule has 30 heavy (non-hydrogen) atoms. The molecule has 1 aliphatic heterocycles. The minimum Gasteiger partial charge on any atom is -0.338 e. The normalized spacial score (nSPS) is 13.7. The van der Waals surface area contributed by atoms with Crippen LogP contribution in [0.15, 0.2) is 66.7 Å². The van der Waals surface area contributed by atoms with Crippen LogP contribution in [0.1, 0.15) is 26.3 Å². The second-order valence-corrected chi connectivity index (χ2v) is 7.47. The lowest BCUT2D eigenvalue weighted by Gasteiger charge is -2.13.